The third-order valence-electron chi connectivity index (χ3n) is 5.08. The molecule has 0 spiro atoms. The molecule has 1 N–H and O–H groups in total. The van der Waals surface area contributed by atoms with Gasteiger partial charge in [0.25, 0.3) is 0 Å². The largest absolute Gasteiger partial charge is 0.310 e. The molecule has 72 valence electrons. The first-order valence-corrected chi connectivity index (χ1v) is 5.72. The molecule has 1 heterocycles. The van der Waals surface area contributed by atoms with Gasteiger partial charge in [-0.2, -0.15) is 0 Å². The van der Waals surface area contributed by atoms with Gasteiger partial charge in [0.15, 0.2) is 0 Å². The summed E-state index contributed by atoms with van der Waals surface area (Å²) in [5.41, 5.74) is -0.780. The van der Waals surface area contributed by atoms with Crippen molar-refractivity contribution in [1.29, 1.82) is 0 Å². The summed E-state index contributed by atoms with van der Waals surface area (Å²) < 4.78 is 14.8. The molecular formula is C11H16FN. The summed E-state index contributed by atoms with van der Waals surface area (Å²) in [6.45, 7) is 1.10. The third kappa shape index (κ3) is 0.663. The van der Waals surface area contributed by atoms with E-state index < -0.39 is 5.67 Å². The van der Waals surface area contributed by atoms with E-state index in [1.165, 1.54) is 12.8 Å². The van der Waals surface area contributed by atoms with Gasteiger partial charge in [0.1, 0.15) is 5.67 Å². The topological polar surface area (TPSA) is 12.0 Å². The molecule has 0 aromatic heterocycles. The minimum atomic E-state index is -0.780. The van der Waals surface area contributed by atoms with E-state index in [0.29, 0.717) is 17.8 Å². The SMILES string of the molecule is FC1(C2CC2)C2CC3CNC1C3C2. The van der Waals surface area contributed by atoms with Gasteiger partial charge in [-0.3, -0.25) is 0 Å². The van der Waals surface area contributed by atoms with Gasteiger partial charge >= 0.3 is 0 Å². The molecule has 2 bridgehead atoms. The van der Waals surface area contributed by atoms with Crippen LogP contribution in [0.2, 0.25) is 0 Å². The monoisotopic (exact) mass is 181 g/mol. The minimum Gasteiger partial charge on any atom is -0.310 e. The number of hydrogen-bond acceptors (Lipinski definition) is 1. The van der Waals surface area contributed by atoms with Crippen LogP contribution in [0.1, 0.15) is 25.7 Å². The molecule has 4 rings (SSSR count). The first-order chi connectivity index (χ1) is 6.30. The lowest BCUT2D eigenvalue weighted by atomic mass is 9.77. The smallest absolute Gasteiger partial charge is 0.132 e. The van der Waals surface area contributed by atoms with Gasteiger partial charge in [-0.1, -0.05) is 0 Å². The molecule has 1 aliphatic heterocycles. The Hall–Kier alpha value is -0.110. The summed E-state index contributed by atoms with van der Waals surface area (Å²) in [6.07, 6.45) is 4.68. The Morgan fingerprint density at radius 2 is 2.00 bits per heavy atom. The van der Waals surface area contributed by atoms with Crippen molar-refractivity contribution in [2.75, 3.05) is 6.54 Å². The van der Waals surface area contributed by atoms with Crippen molar-refractivity contribution in [3.63, 3.8) is 0 Å². The highest BCUT2D eigenvalue weighted by atomic mass is 19.1. The number of fused-ring (bicyclic) bond motifs is 1. The van der Waals surface area contributed by atoms with Crippen LogP contribution in [0.3, 0.4) is 0 Å². The van der Waals surface area contributed by atoms with Crippen LogP contribution in [0.25, 0.3) is 0 Å². The van der Waals surface area contributed by atoms with Crippen molar-refractivity contribution in [1.82, 2.24) is 5.32 Å². The van der Waals surface area contributed by atoms with Crippen LogP contribution in [0.5, 0.6) is 0 Å². The van der Waals surface area contributed by atoms with Crippen LogP contribution in [0.4, 0.5) is 4.39 Å². The maximum Gasteiger partial charge on any atom is 0.132 e. The van der Waals surface area contributed by atoms with E-state index in [0.717, 1.165) is 25.3 Å². The molecule has 13 heavy (non-hydrogen) atoms. The van der Waals surface area contributed by atoms with Gasteiger partial charge in [-0.25, -0.2) is 4.39 Å². The van der Waals surface area contributed by atoms with E-state index in [1.807, 2.05) is 0 Å². The zero-order valence-electron chi connectivity index (χ0n) is 7.80. The van der Waals surface area contributed by atoms with Crippen molar-refractivity contribution in [3.8, 4) is 0 Å². The summed E-state index contributed by atoms with van der Waals surface area (Å²) in [4.78, 5) is 0. The summed E-state index contributed by atoms with van der Waals surface area (Å²) in [5.74, 6) is 2.39. The van der Waals surface area contributed by atoms with Crippen molar-refractivity contribution >= 4 is 0 Å². The number of rotatable bonds is 1. The summed E-state index contributed by atoms with van der Waals surface area (Å²) in [7, 11) is 0. The number of nitrogens with one attached hydrogen (secondary N) is 1. The molecular weight excluding hydrogens is 165 g/mol. The van der Waals surface area contributed by atoms with Gasteiger partial charge in [0.2, 0.25) is 0 Å². The quantitative estimate of drug-likeness (QED) is 0.649. The molecule has 0 radical (unpaired) electrons. The van der Waals surface area contributed by atoms with Crippen LogP contribution in [-0.4, -0.2) is 18.3 Å². The molecule has 4 fully saturated rings. The van der Waals surface area contributed by atoms with Crippen LogP contribution in [-0.2, 0) is 0 Å². The van der Waals surface area contributed by atoms with E-state index in [2.05, 4.69) is 5.32 Å². The molecule has 0 aromatic rings. The van der Waals surface area contributed by atoms with Crippen molar-refractivity contribution in [3.05, 3.63) is 0 Å². The van der Waals surface area contributed by atoms with E-state index >= 15 is 0 Å². The molecule has 0 aromatic carbocycles. The van der Waals surface area contributed by atoms with E-state index in [-0.39, 0.29) is 6.04 Å². The van der Waals surface area contributed by atoms with Crippen molar-refractivity contribution < 1.29 is 4.39 Å². The Bertz CT molecular complexity index is 261. The molecule has 2 heteroatoms. The highest BCUT2D eigenvalue weighted by molar-refractivity contribution is 5.21. The highest BCUT2D eigenvalue weighted by Crippen LogP contribution is 2.64. The zero-order valence-corrected chi connectivity index (χ0v) is 7.80. The van der Waals surface area contributed by atoms with Gasteiger partial charge in [0, 0.05) is 6.04 Å². The Labute approximate surface area is 78.1 Å². The van der Waals surface area contributed by atoms with Crippen LogP contribution >= 0.6 is 0 Å². The fourth-order valence-corrected chi connectivity index (χ4v) is 4.44. The van der Waals surface area contributed by atoms with E-state index in [4.69, 9.17) is 0 Å². The molecule has 1 nitrogen and oxygen atoms in total. The predicted octanol–water partition coefficient (Wildman–Crippen LogP) is 1.73. The Balaban J connectivity index is 1.79. The molecule has 3 saturated carbocycles. The fourth-order valence-electron chi connectivity index (χ4n) is 4.44. The van der Waals surface area contributed by atoms with Gasteiger partial charge in [-0.15, -0.1) is 0 Å². The summed E-state index contributed by atoms with van der Waals surface area (Å²) in [5, 5.41) is 3.45. The Morgan fingerprint density at radius 3 is 2.77 bits per heavy atom. The minimum absolute atomic E-state index is 0.253. The van der Waals surface area contributed by atoms with E-state index in [9.17, 15) is 4.39 Å². The second-order valence-corrected chi connectivity index (χ2v) is 5.58. The molecule has 3 aliphatic carbocycles. The first kappa shape index (κ1) is 7.22. The van der Waals surface area contributed by atoms with Gasteiger partial charge in [0.05, 0.1) is 0 Å². The van der Waals surface area contributed by atoms with Gasteiger partial charge < -0.3 is 5.32 Å². The third-order valence-corrected chi connectivity index (χ3v) is 5.08. The predicted molar refractivity (Wildman–Crippen MR) is 48.1 cm³/mol. The number of halogens is 1. The fraction of sp³-hybridized carbons (Fsp3) is 1.00. The summed E-state index contributed by atoms with van der Waals surface area (Å²) in [6, 6.07) is 0.253. The van der Waals surface area contributed by atoms with E-state index in [1.54, 1.807) is 0 Å². The lowest BCUT2D eigenvalue weighted by Crippen LogP contribution is -2.48. The number of hydrogen-bond donors (Lipinski definition) is 1. The Kier molecular flexibility index (Phi) is 1.08. The molecule has 1 saturated heterocycles. The van der Waals surface area contributed by atoms with Gasteiger partial charge in [-0.05, 0) is 55.9 Å². The maximum absolute atomic E-state index is 14.8. The highest BCUT2D eigenvalue weighted by Gasteiger charge is 2.69. The zero-order chi connectivity index (χ0) is 8.63. The number of alkyl halides is 1. The second-order valence-electron chi connectivity index (χ2n) is 5.58. The molecule has 5 atom stereocenters. The normalized spacial score (nSPS) is 63.5. The van der Waals surface area contributed by atoms with Crippen molar-refractivity contribution in [2.45, 2.75) is 37.4 Å². The lowest BCUT2D eigenvalue weighted by Gasteiger charge is -2.35. The maximum atomic E-state index is 14.8. The van der Waals surface area contributed by atoms with Crippen LogP contribution in [0.15, 0.2) is 0 Å². The first-order valence-electron chi connectivity index (χ1n) is 5.72. The average molecular weight is 181 g/mol. The van der Waals surface area contributed by atoms with Crippen LogP contribution < -0.4 is 5.32 Å². The van der Waals surface area contributed by atoms with Crippen molar-refractivity contribution in [2.24, 2.45) is 23.7 Å². The second kappa shape index (κ2) is 1.95. The average Bonchev–Trinajstić information content (AvgIpc) is 2.70. The molecule has 4 aliphatic rings. The Morgan fingerprint density at radius 1 is 1.15 bits per heavy atom. The molecule has 5 unspecified atom stereocenters. The standard InChI is InChI=1S/C11H16FN/c12-11(7-1-2-7)8-3-6-5-13-10(11)9(6)4-8/h6-10,13H,1-5H2. The molecule has 0 amide bonds. The van der Waals surface area contributed by atoms with Crippen LogP contribution in [0, 0.1) is 23.7 Å². The lowest BCUT2D eigenvalue weighted by molar-refractivity contribution is 0.0375. The summed E-state index contributed by atoms with van der Waals surface area (Å²) >= 11 is 0.